The fraction of sp³-hybridized carbons (Fsp3) is 0.400. The second-order valence-corrected chi connectivity index (χ2v) is 4.47. The third kappa shape index (κ3) is 5.86. The quantitative estimate of drug-likeness (QED) is 0.538. The van der Waals surface area contributed by atoms with Crippen molar-refractivity contribution in [1.29, 1.82) is 0 Å². The van der Waals surface area contributed by atoms with Crippen LogP contribution < -0.4 is 5.48 Å². The highest BCUT2D eigenvalue weighted by Gasteiger charge is 2.15. The van der Waals surface area contributed by atoms with Crippen molar-refractivity contribution in [2.45, 2.75) is 26.0 Å². The lowest BCUT2D eigenvalue weighted by molar-refractivity contribution is -0.00380. The van der Waals surface area contributed by atoms with Gasteiger partial charge in [-0.05, 0) is 12.0 Å². The van der Waals surface area contributed by atoms with Crippen LogP contribution in [0.3, 0.4) is 0 Å². The molecule has 1 aromatic rings. The first-order chi connectivity index (χ1) is 9.67. The molecule has 0 heterocycles. The van der Waals surface area contributed by atoms with Crippen LogP contribution in [-0.2, 0) is 11.4 Å². The number of nitrogens with zero attached hydrogens (tertiary/aromatic N) is 1. The smallest absolute Gasteiger partial charge is 0.407 e. The maximum atomic E-state index is 11.0. The Hall–Kier alpha value is -1.85. The number of nitrogens with one attached hydrogen (secondary N) is 1. The molecule has 1 atom stereocenters. The summed E-state index contributed by atoms with van der Waals surface area (Å²) in [6.07, 6.45) is 1.40. The third-order valence-corrected chi connectivity index (χ3v) is 2.89. The Bertz CT molecular complexity index is 409. The molecular weight excluding hydrogens is 256 g/mol. The maximum absolute atomic E-state index is 11.0. The minimum atomic E-state index is -0.951. The Morgan fingerprint density at radius 3 is 2.75 bits per heavy atom. The van der Waals surface area contributed by atoms with E-state index in [9.17, 15) is 4.79 Å². The molecule has 1 aromatic carbocycles. The summed E-state index contributed by atoms with van der Waals surface area (Å²) in [6.45, 7) is 6.67. The van der Waals surface area contributed by atoms with Gasteiger partial charge in [0.2, 0.25) is 0 Å². The molecule has 0 aromatic heterocycles. The molecule has 0 bridgehead atoms. The topological polar surface area (TPSA) is 61.8 Å². The molecule has 0 saturated heterocycles. The number of hydrogen-bond donors (Lipinski definition) is 2. The first-order valence-corrected chi connectivity index (χ1v) is 6.67. The number of carbonyl (C=O) groups is 1. The zero-order valence-electron chi connectivity index (χ0n) is 11.8. The van der Waals surface area contributed by atoms with Crippen LogP contribution in [0.2, 0.25) is 0 Å². The molecule has 0 aliphatic carbocycles. The van der Waals surface area contributed by atoms with Crippen molar-refractivity contribution < 1.29 is 14.7 Å². The van der Waals surface area contributed by atoms with Crippen LogP contribution in [0.25, 0.3) is 0 Å². The Kier molecular flexibility index (Phi) is 7.39. The lowest BCUT2D eigenvalue weighted by atomic mass is 10.2. The van der Waals surface area contributed by atoms with Crippen LogP contribution in [0.4, 0.5) is 4.79 Å². The Labute approximate surface area is 119 Å². The molecule has 0 aliphatic rings. The van der Waals surface area contributed by atoms with E-state index in [0.29, 0.717) is 19.7 Å². The molecule has 1 rings (SSSR count). The summed E-state index contributed by atoms with van der Waals surface area (Å²) >= 11 is 0. The molecule has 0 fully saturated rings. The van der Waals surface area contributed by atoms with Crippen LogP contribution >= 0.6 is 0 Å². The van der Waals surface area contributed by atoms with Gasteiger partial charge in [-0.3, -0.25) is 4.84 Å². The van der Waals surface area contributed by atoms with Gasteiger partial charge in [0.15, 0.2) is 0 Å². The molecular formula is C15H22N2O3. The highest BCUT2D eigenvalue weighted by molar-refractivity contribution is 5.65. The molecule has 1 unspecified atom stereocenters. The molecule has 0 radical (unpaired) electrons. The Morgan fingerprint density at radius 1 is 1.50 bits per heavy atom. The molecule has 5 nitrogen and oxygen atoms in total. The number of rotatable bonds is 9. The van der Waals surface area contributed by atoms with Crippen LogP contribution in [0.1, 0.15) is 18.9 Å². The fourth-order valence-electron chi connectivity index (χ4n) is 1.72. The molecule has 1 amide bonds. The first kappa shape index (κ1) is 16.2. The zero-order chi connectivity index (χ0) is 14.8. The summed E-state index contributed by atoms with van der Waals surface area (Å²) in [5.74, 6) is 0. The second kappa shape index (κ2) is 9.12. The highest BCUT2D eigenvalue weighted by Crippen LogP contribution is 2.02. The van der Waals surface area contributed by atoms with Crippen molar-refractivity contribution in [2.75, 3.05) is 13.1 Å². The van der Waals surface area contributed by atoms with Crippen LogP contribution in [0.5, 0.6) is 0 Å². The summed E-state index contributed by atoms with van der Waals surface area (Å²) in [4.78, 5) is 17.8. The van der Waals surface area contributed by atoms with Gasteiger partial charge in [-0.25, -0.2) is 4.79 Å². The summed E-state index contributed by atoms with van der Waals surface area (Å²) < 4.78 is 0. The van der Waals surface area contributed by atoms with Crippen molar-refractivity contribution in [3.05, 3.63) is 48.6 Å². The van der Waals surface area contributed by atoms with E-state index >= 15 is 0 Å². The largest absolute Gasteiger partial charge is 0.465 e. The minimum Gasteiger partial charge on any atom is -0.465 e. The van der Waals surface area contributed by atoms with E-state index in [1.54, 1.807) is 6.08 Å². The van der Waals surface area contributed by atoms with Gasteiger partial charge in [0.05, 0.1) is 6.61 Å². The van der Waals surface area contributed by atoms with Gasteiger partial charge >= 0.3 is 6.09 Å². The SMILES string of the molecule is C=CCN(CC(CC)NOCc1ccccc1)C(=O)O. The van der Waals surface area contributed by atoms with Crippen molar-refractivity contribution >= 4 is 6.09 Å². The van der Waals surface area contributed by atoms with Crippen LogP contribution in [-0.4, -0.2) is 35.2 Å². The van der Waals surface area contributed by atoms with Gasteiger partial charge < -0.3 is 10.0 Å². The Balaban J connectivity index is 2.38. The molecule has 0 aliphatic heterocycles. The average Bonchev–Trinajstić information content (AvgIpc) is 2.46. The van der Waals surface area contributed by atoms with Gasteiger partial charge in [0.25, 0.3) is 0 Å². The van der Waals surface area contributed by atoms with Crippen molar-refractivity contribution in [2.24, 2.45) is 0 Å². The van der Waals surface area contributed by atoms with E-state index < -0.39 is 6.09 Å². The number of hydroxylamine groups is 1. The lowest BCUT2D eigenvalue weighted by Gasteiger charge is -2.24. The first-order valence-electron chi connectivity index (χ1n) is 6.67. The van der Waals surface area contributed by atoms with E-state index in [2.05, 4.69) is 12.1 Å². The predicted octanol–water partition coefficient (Wildman–Crippen LogP) is 2.65. The van der Waals surface area contributed by atoms with E-state index in [1.165, 1.54) is 4.90 Å². The predicted molar refractivity (Wildman–Crippen MR) is 78.2 cm³/mol. The summed E-state index contributed by atoms with van der Waals surface area (Å²) in [5, 5.41) is 9.06. The van der Waals surface area contributed by atoms with Crippen LogP contribution in [0.15, 0.2) is 43.0 Å². The minimum absolute atomic E-state index is 0.0465. The zero-order valence-corrected chi connectivity index (χ0v) is 11.8. The van der Waals surface area contributed by atoms with Gasteiger partial charge in [-0.15, -0.1) is 6.58 Å². The number of amides is 1. The van der Waals surface area contributed by atoms with Crippen molar-refractivity contribution in [3.8, 4) is 0 Å². The van der Waals surface area contributed by atoms with Gasteiger partial charge in [-0.2, -0.15) is 5.48 Å². The van der Waals surface area contributed by atoms with E-state index in [-0.39, 0.29) is 6.04 Å². The van der Waals surface area contributed by atoms with Crippen molar-refractivity contribution in [1.82, 2.24) is 10.4 Å². The monoisotopic (exact) mass is 278 g/mol. The van der Waals surface area contributed by atoms with E-state index in [4.69, 9.17) is 9.94 Å². The maximum Gasteiger partial charge on any atom is 0.407 e. The fourth-order valence-corrected chi connectivity index (χ4v) is 1.72. The number of carboxylic acid groups (broad SMARTS) is 1. The Morgan fingerprint density at radius 2 is 2.20 bits per heavy atom. The summed E-state index contributed by atoms with van der Waals surface area (Å²) in [6, 6.07) is 9.76. The van der Waals surface area contributed by atoms with Gasteiger partial charge in [-0.1, -0.05) is 43.3 Å². The standard InChI is InChI=1S/C15H22N2O3/c1-3-10-17(15(18)19)11-14(4-2)16-20-12-13-8-6-5-7-9-13/h3,5-9,14,16H,1,4,10-12H2,2H3,(H,18,19). The summed E-state index contributed by atoms with van der Waals surface area (Å²) in [5.41, 5.74) is 3.99. The lowest BCUT2D eigenvalue weighted by Crippen LogP contribution is -2.43. The number of hydrogen-bond acceptors (Lipinski definition) is 3. The molecule has 0 saturated carbocycles. The average molecular weight is 278 g/mol. The van der Waals surface area contributed by atoms with Crippen molar-refractivity contribution in [3.63, 3.8) is 0 Å². The normalized spacial score (nSPS) is 11.8. The van der Waals surface area contributed by atoms with E-state index in [1.807, 2.05) is 37.3 Å². The molecule has 2 N–H and O–H groups in total. The molecule has 110 valence electrons. The number of benzene rings is 1. The molecule has 5 heteroatoms. The second-order valence-electron chi connectivity index (χ2n) is 4.47. The van der Waals surface area contributed by atoms with Crippen LogP contribution in [0, 0.1) is 0 Å². The molecule has 20 heavy (non-hydrogen) atoms. The van der Waals surface area contributed by atoms with Gasteiger partial charge in [0, 0.05) is 19.1 Å². The highest BCUT2D eigenvalue weighted by atomic mass is 16.6. The summed E-state index contributed by atoms with van der Waals surface area (Å²) in [7, 11) is 0. The third-order valence-electron chi connectivity index (χ3n) is 2.89. The molecule has 0 spiro atoms. The van der Waals surface area contributed by atoms with Gasteiger partial charge in [0.1, 0.15) is 0 Å². The van der Waals surface area contributed by atoms with E-state index in [0.717, 1.165) is 12.0 Å².